The van der Waals surface area contributed by atoms with Crippen LogP contribution in [0, 0.1) is 0 Å². The lowest BCUT2D eigenvalue weighted by Crippen LogP contribution is -2.28. The molecule has 0 aromatic heterocycles. The van der Waals surface area contributed by atoms with Crippen molar-refractivity contribution in [2.24, 2.45) is 0 Å². The maximum absolute atomic E-state index is 12.1. The van der Waals surface area contributed by atoms with Gasteiger partial charge in [0.25, 0.3) is 0 Å². The van der Waals surface area contributed by atoms with Crippen molar-refractivity contribution in [3.8, 4) is 11.5 Å². The lowest BCUT2D eigenvalue weighted by atomic mass is 10.1. The molecule has 2 amide bonds. The Morgan fingerprint density at radius 2 is 0.773 bits per heavy atom. The number of amides is 2. The summed E-state index contributed by atoms with van der Waals surface area (Å²) in [6.07, 6.45) is 15.8. The van der Waals surface area contributed by atoms with Gasteiger partial charge >= 0.3 is 0 Å². The van der Waals surface area contributed by atoms with Gasteiger partial charge in [0.15, 0.2) is 0 Å². The van der Waals surface area contributed by atoms with Crippen LogP contribution in [0.3, 0.4) is 0 Å². The first kappa shape index (κ1) is 37.1. The fraction of sp³-hybridized carbons (Fsp3) is 0.611. The average molecular weight is 611 g/mol. The molecule has 0 spiro atoms. The molecule has 0 aliphatic carbocycles. The van der Waals surface area contributed by atoms with Crippen LogP contribution >= 0.6 is 0 Å². The van der Waals surface area contributed by atoms with Crippen LogP contribution in [0.1, 0.15) is 88.2 Å². The van der Waals surface area contributed by atoms with Crippen molar-refractivity contribution >= 4 is 11.8 Å². The van der Waals surface area contributed by atoms with Gasteiger partial charge in [0.2, 0.25) is 11.8 Å². The second-order valence-electron chi connectivity index (χ2n) is 11.5. The minimum absolute atomic E-state index is 0.0696. The van der Waals surface area contributed by atoms with E-state index in [9.17, 15) is 9.59 Å². The van der Waals surface area contributed by atoms with E-state index in [1.165, 1.54) is 64.2 Å². The van der Waals surface area contributed by atoms with Crippen molar-refractivity contribution in [2.45, 2.75) is 89.9 Å². The predicted molar refractivity (Wildman–Crippen MR) is 181 cm³/mol. The predicted octanol–water partition coefficient (Wildman–Crippen LogP) is 5.58. The van der Waals surface area contributed by atoms with E-state index < -0.39 is 0 Å². The third-order valence-electron chi connectivity index (χ3n) is 7.71. The number of nitrogens with one attached hydrogen (secondary N) is 4. The number of ether oxygens (including phenoxy) is 2. The molecule has 4 N–H and O–H groups in total. The Hall–Kier alpha value is -3.10. The first-order valence-corrected chi connectivity index (χ1v) is 16.8. The molecule has 44 heavy (non-hydrogen) atoms. The highest BCUT2D eigenvalue weighted by Gasteiger charge is 2.04. The number of hydrogen-bond donors (Lipinski definition) is 4. The molecule has 8 nitrogen and oxygen atoms in total. The van der Waals surface area contributed by atoms with Crippen LogP contribution in [-0.4, -0.2) is 65.3 Å². The second kappa shape index (κ2) is 25.2. The van der Waals surface area contributed by atoms with Gasteiger partial charge in [0.05, 0.1) is 27.1 Å². The highest BCUT2D eigenvalue weighted by atomic mass is 16.5. The number of rotatable bonds is 27. The minimum atomic E-state index is 0.0696. The lowest BCUT2D eigenvalue weighted by molar-refractivity contribution is -0.121. The molecular weight excluding hydrogens is 552 g/mol. The normalized spacial score (nSPS) is 10.9. The molecule has 0 aliphatic rings. The summed E-state index contributed by atoms with van der Waals surface area (Å²) < 4.78 is 10.3. The summed E-state index contributed by atoms with van der Waals surface area (Å²) in [6.45, 7) is 5.45. The summed E-state index contributed by atoms with van der Waals surface area (Å²) >= 11 is 0. The van der Waals surface area contributed by atoms with Crippen molar-refractivity contribution in [3.05, 3.63) is 59.7 Å². The monoisotopic (exact) mass is 610 g/mol. The Bertz CT molecular complexity index is 917. The van der Waals surface area contributed by atoms with Gasteiger partial charge in [-0.3, -0.25) is 9.59 Å². The van der Waals surface area contributed by atoms with Gasteiger partial charge in [-0.25, -0.2) is 0 Å². The summed E-state index contributed by atoms with van der Waals surface area (Å²) in [7, 11) is 3.28. The second-order valence-corrected chi connectivity index (χ2v) is 11.5. The van der Waals surface area contributed by atoms with E-state index in [1.807, 2.05) is 48.5 Å². The molecule has 8 heteroatoms. The SMILES string of the molecule is COc1ccc(CC(=O)NCCCNCCCCCCCCCCCCNCCCNC(=O)Cc2ccc(OC)cc2)cc1. The molecule has 2 aromatic carbocycles. The molecule has 0 unspecified atom stereocenters. The third-order valence-corrected chi connectivity index (χ3v) is 7.71. The Morgan fingerprint density at radius 3 is 1.11 bits per heavy atom. The van der Waals surface area contributed by atoms with Gasteiger partial charge in [-0.15, -0.1) is 0 Å². The Labute approximate surface area is 266 Å². The van der Waals surface area contributed by atoms with Crippen LogP contribution in [0.25, 0.3) is 0 Å². The zero-order valence-electron chi connectivity index (χ0n) is 27.4. The summed E-state index contributed by atoms with van der Waals surface area (Å²) in [5.74, 6) is 1.75. The Balaban J connectivity index is 1.24. The van der Waals surface area contributed by atoms with Crippen LogP contribution in [0.5, 0.6) is 11.5 Å². The first-order chi connectivity index (χ1) is 21.6. The van der Waals surface area contributed by atoms with Gasteiger partial charge in [-0.1, -0.05) is 75.6 Å². The van der Waals surface area contributed by atoms with Crippen LogP contribution in [0.2, 0.25) is 0 Å². The lowest BCUT2D eigenvalue weighted by Gasteiger charge is -2.08. The van der Waals surface area contributed by atoms with Crippen molar-refractivity contribution in [3.63, 3.8) is 0 Å². The molecule has 0 atom stereocenters. The van der Waals surface area contributed by atoms with Crippen LogP contribution < -0.4 is 30.7 Å². The van der Waals surface area contributed by atoms with Crippen molar-refractivity contribution in [1.82, 2.24) is 21.3 Å². The highest BCUT2D eigenvalue weighted by molar-refractivity contribution is 5.79. The van der Waals surface area contributed by atoms with E-state index in [-0.39, 0.29) is 11.8 Å². The van der Waals surface area contributed by atoms with Crippen molar-refractivity contribution in [2.75, 3.05) is 53.5 Å². The number of carbonyl (C=O) groups is 2. The van der Waals surface area contributed by atoms with E-state index in [1.54, 1.807) is 14.2 Å². The van der Waals surface area contributed by atoms with Crippen LogP contribution in [0.15, 0.2) is 48.5 Å². The van der Waals surface area contributed by atoms with Gasteiger partial charge < -0.3 is 30.7 Å². The van der Waals surface area contributed by atoms with E-state index in [0.717, 1.165) is 61.6 Å². The number of methoxy groups -OCH3 is 2. The number of carbonyl (C=O) groups excluding carboxylic acids is 2. The quantitative estimate of drug-likeness (QED) is 0.0986. The Kier molecular flexibility index (Phi) is 21.3. The first-order valence-electron chi connectivity index (χ1n) is 16.8. The van der Waals surface area contributed by atoms with Gasteiger partial charge in [0.1, 0.15) is 11.5 Å². The fourth-order valence-corrected chi connectivity index (χ4v) is 5.03. The molecule has 0 aliphatic heterocycles. The van der Waals surface area contributed by atoms with Gasteiger partial charge in [0, 0.05) is 13.1 Å². The number of unbranched alkanes of at least 4 members (excludes halogenated alkanes) is 9. The van der Waals surface area contributed by atoms with E-state index in [2.05, 4.69) is 21.3 Å². The number of benzene rings is 2. The highest BCUT2D eigenvalue weighted by Crippen LogP contribution is 2.13. The maximum atomic E-state index is 12.1. The summed E-state index contributed by atoms with van der Waals surface area (Å²) in [5.41, 5.74) is 2.00. The minimum Gasteiger partial charge on any atom is -0.497 e. The molecular formula is C36H58N4O4. The van der Waals surface area contributed by atoms with Gasteiger partial charge in [-0.2, -0.15) is 0 Å². The Morgan fingerprint density at radius 1 is 0.455 bits per heavy atom. The zero-order chi connectivity index (χ0) is 31.5. The molecule has 0 heterocycles. The summed E-state index contributed by atoms with van der Waals surface area (Å²) in [6, 6.07) is 15.3. The third kappa shape index (κ3) is 19.2. The molecule has 2 rings (SSSR count). The van der Waals surface area contributed by atoms with E-state index in [0.29, 0.717) is 25.9 Å². The van der Waals surface area contributed by atoms with E-state index >= 15 is 0 Å². The smallest absolute Gasteiger partial charge is 0.224 e. The summed E-state index contributed by atoms with van der Waals surface area (Å²) in [4.78, 5) is 24.1. The van der Waals surface area contributed by atoms with Crippen molar-refractivity contribution < 1.29 is 19.1 Å². The molecule has 0 bridgehead atoms. The number of hydrogen-bond acceptors (Lipinski definition) is 6. The molecule has 0 saturated heterocycles. The molecule has 0 saturated carbocycles. The zero-order valence-corrected chi connectivity index (χ0v) is 27.4. The molecule has 246 valence electrons. The molecule has 2 aromatic rings. The van der Waals surface area contributed by atoms with Crippen LogP contribution in [-0.2, 0) is 22.4 Å². The largest absolute Gasteiger partial charge is 0.497 e. The van der Waals surface area contributed by atoms with Crippen molar-refractivity contribution in [1.29, 1.82) is 0 Å². The van der Waals surface area contributed by atoms with Crippen LogP contribution in [0.4, 0.5) is 0 Å². The molecule has 0 fully saturated rings. The fourth-order valence-electron chi connectivity index (χ4n) is 5.03. The maximum Gasteiger partial charge on any atom is 0.224 e. The van der Waals surface area contributed by atoms with Gasteiger partial charge in [-0.05, 0) is 87.3 Å². The topological polar surface area (TPSA) is 101 Å². The average Bonchev–Trinajstić information content (AvgIpc) is 3.04. The van der Waals surface area contributed by atoms with E-state index in [4.69, 9.17) is 9.47 Å². The summed E-state index contributed by atoms with van der Waals surface area (Å²) in [5, 5.41) is 13.0. The standard InChI is InChI=1S/C36H58N4O4/c1-43-33-19-15-31(16-20-33)29-35(41)39-27-13-25-37-23-11-9-7-5-3-4-6-8-10-12-24-38-26-14-28-40-36(42)30-32-17-21-34(44-2)22-18-32/h15-22,37-38H,3-14,23-30H2,1-2H3,(H,39,41)(H,40,42). The molecule has 0 radical (unpaired) electrons.